The Kier molecular flexibility index (Phi) is 10.8. The van der Waals surface area contributed by atoms with Gasteiger partial charge in [0.05, 0.1) is 19.3 Å². The van der Waals surface area contributed by atoms with Crippen molar-refractivity contribution in [2.24, 2.45) is 0 Å². The first-order valence-corrected chi connectivity index (χ1v) is 10.0. The smallest absolute Gasteiger partial charge is 0.408 e. The standard InChI is InChI=1S/C18H34N2O6S/c1-9-27-11-13(20-16(23)26-18(5,6)7)14(21)19-12(15(22)24-8)10-25-17(2,3)4/h12-13H,9-11H2,1-8H3,(H,19,21)(H,20,23)/t12-,13-/m0/s1. The second-order valence-electron chi connectivity index (χ2n) is 7.87. The molecule has 2 N–H and O–H groups in total. The summed E-state index contributed by atoms with van der Waals surface area (Å²) in [5.74, 6) is -0.00960. The van der Waals surface area contributed by atoms with E-state index in [4.69, 9.17) is 14.2 Å². The van der Waals surface area contributed by atoms with E-state index in [-0.39, 0.29) is 6.61 Å². The Labute approximate surface area is 166 Å². The van der Waals surface area contributed by atoms with Crippen molar-refractivity contribution in [2.45, 2.75) is 71.8 Å². The van der Waals surface area contributed by atoms with Crippen molar-refractivity contribution in [1.82, 2.24) is 10.6 Å². The van der Waals surface area contributed by atoms with Crippen LogP contribution in [0.5, 0.6) is 0 Å². The molecule has 0 rings (SSSR count). The largest absolute Gasteiger partial charge is 0.467 e. The molecule has 0 saturated carbocycles. The monoisotopic (exact) mass is 406 g/mol. The molecule has 0 aliphatic rings. The van der Waals surface area contributed by atoms with E-state index in [1.54, 1.807) is 20.8 Å². The van der Waals surface area contributed by atoms with E-state index >= 15 is 0 Å². The lowest BCUT2D eigenvalue weighted by molar-refractivity contribution is -0.148. The van der Waals surface area contributed by atoms with Gasteiger partial charge in [-0.1, -0.05) is 6.92 Å². The maximum absolute atomic E-state index is 12.6. The Morgan fingerprint density at radius 1 is 0.963 bits per heavy atom. The van der Waals surface area contributed by atoms with Gasteiger partial charge in [-0.3, -0.25) is 4.79 Å². The van der Waals surface area contributed by atoms with Gasteiger partial charge in [0, 0.05) is 5.75 Å². The Hall–Kier alpha value is -1.48. The zero-order valence-electron chi connectivity index (χ0n) is 17.6. The minimum absolute atomic E-state index is 0.0397. The third kappa shape index (κ3) is 12.5. The molecule has 9 heteroatoms. The molecule has 0 aromatic rings. The first-order chi connectivity index (χ1) is 12.3. The molecular weight excluding hydrogens is 372 g/mol. The number of amides is 2. The third-order valence-electron chi connectivity index (χ3n) is 2.98. The molecule has 0 aromatic carbocycles. The molecule has 0 aliphatic heterocycles. The number of hydrogen-bond acceptors (Lipinski definition) is 7. The Morgan fingerprint density at radius 3 is 2.00 bits per heavy atom. The lowest BCUT2D eigenvalue weighted by atomic mass is 10.2. The van der Waals surface area contributed by atoms with Gasteiger partial charge in [-0.25, -0.2) is 9.59 Å². The maximum atomic E-state index is 12.6. The highest BCUT2D eigenvalue weighted by Gasteiger charge is 2.29. The van der Waals surface area contributed by atoms with Crippen molar-refractivity contribution in [2.75, 3.05) is 25.2 Å². The van der Waals surface area contributed by atoms with Crippen molar-refractivity contribution >= 4 is 29.7 Å². The maximum Gasteiger partial charge on any atom is 0.408 e. The van der Waals surface area contributed by atoms with Crippen molar-refractivity contribution in [3.8, 4) is 0 Å². The molecule has 8 nitrogen and oxygen atoms in total. The fourth-order valence-corrected chi connectivity index (χ4v) is 2.49. The van der Waals surface area contributed by atoms with Crippen LogP contribution in [-0.4, -0.2) is 66.5 Å². The van der Waals surface area contributed by atoms with E-state index in [9.17, 15) is 14.4 Å². The Morgan fingerprint density at radius 2 is 1.56 bits per heavy atom. The third-order valence-corrected chi connectivity index (χ3v) is 3.96. The van der Waals surface area contributed by atoms with Crippen LogP contribution in [0.1, 0.15) is 48.5 Å². The summed E-state index contributed by atoms with van der Waals surface area (Å²) in [6.07, 6.45) is -0.695. The first-order valence-electron chi connectivity index (χ1n) is 8.88. The van der Waals surface area contributed by atoms with E-state index < -0.39 is 41.3 Å². The molecular formula is C18H34N2O6S. The van der Waals surface area contributed by atoms with Crippen LogP contribution in [-0.2, 0) is 23.8 Å². The molecule has 158 valence electrons. The molecule has 2 atom stereocenters. The zero-order valence-corrected chi connectivity index (χ0v) is 18.5. The molecule has 0 aliphatic carbocycles. The van der Waals surface area contributed by atoms with Gasteiger partial charge in [-0.05, 0) is 47.3 Å². The fraction of sp³-hybridized carbons (Fsp3) is 0.833. The Balaban J connectivity index is 5.08. The number of thioether (sulfide) groups is 1. The molecule has 27 heavy (non-hydrogen) atoms. The van der Waals surface area contributed by atoms with Gasteiger partial charge in [0.15, 0.2) is 6.04 Å². The number of ether oxygens (including phenoxy) is 3. The number of esters is 1. The summed E-state index contributed by atoms with van der Waals surface area (Å²) in [6, 6.07) is -1.83. The van der Waals surface area contributed by atoms with E-state index in [1.807, 2.05) is 27.7 Å². The highest BCUT2D eigenvalue weighted by molar-refractivity contribution is 7.99. The predicted octanol–water partition coefficient (Wildman–Crippen LogP) is 2.11. The molecule has 0 aromatic heterocycles. The van der Waals surface area contributed by atoms with Crippen LogP contribution in [0.25, 0.3) is 0 Å². The topological polar surface area (TPSA) is 103 Å². The summed E-state index contributed by atoms with van der Waals surface area (Å²) < 4.78 is 15.5. The zero-order chi connectivity index (χ0) is 21.3. The van der Waals surface area contributed by atoms with Gasteiger partial charge < -0.3 is 24.8 Å². The highest BCUT2D eigenvalue weighted by Crippen LogP contribution is 2.10. The van der Waals surface area contributed by atoms with Crippen molar-refractivity contribution < 1.29 is 28.6 Å². The average molecular weight is 407 g/mol. The van der Waals surface area contributed by atoms with Gasteiger partial charge in [0.2, 0.25) is 5.91 Å². The molecule has 0 heterocycles. The number of carbonyl (C=O) groups is 3. The van der Waals surface area contributed by atoms with Crippen LogP contribution in [0.3, 0.4) is 0 Å². The molecule has 2 amide bonds. The second-order valence-corrected chi connectivity index (χ2v) is 9.18. The van der Waals surface area contributed by atoms with Gasteiger partial charge in [0.25, 0.3) is 0 Å². The van der Waals surface area contributed by atoms with Gasteiger partial charge >= 0.3 is 12.1 Å². The minimum atomic E-state index is -0.976. The summed E-state index contributed by atoms with van der Waals surface area (Å²) >= 11 is 1.48. The average Bonchev–Trinajstić information content (AvgIpc) is 2.51. The van der Waals surface area contributed by atoms with E-state index in [0.29, 0.717) is 5.75 Å². The normalized spacial score (nSPS) is 14.1. The van der Waals surface area contributed by atoms with Crippen LogP contribution in [0.4, 0.5) is 4.79 Å². The predicted molar refractivity (Wildman–Crippen MR) is 106 cm³/mol. The lowest BCUT2D eigenvalue weighted by Crippen LogP contribution is -2.55. The van der Waals surface area contributed by atoms with Crippen molar-refractivity contribution in [3.63, 3.8) is 0 Å². The first kappa shape index (κ1) is 25.5. The number of carbonyl (C=O) groups excluding carboxylic acids is 3. The highest BCUT2D eigenvalue weighted by atomic mass is 32.2. The van der Waals surface area contributed by atoms with Crippen LogP contribution in [0.2, 0.25) is 0 Å². The van der Waals surface area contributed by atoms with E-state index in [2.05, 4.69) is 10.6 Å². The summed E-state index contributed by atoms with van der Waals surface area (Å²) in [5, 5.41) is 5.15. The van der Waals surface area contributed by atoms with Gasteiger partial charge in [-0.15, -0.1) is 0 Å². The molecule has 0 spiro atoms. The summed E-state index contributed by atoms with van der Waals surface area (Å²) in [5.41, 5.74) is -1.17. The Bertz CT molecular complexity index is 499. The molecule has 0 saturated heterocycles. The molecule has 0 fully saturated rings. The van der Waals surface area contributed by atoms with Gasteiger partial charge in [-0.2, -0.15) is 11.8 Å². The summed E-state index contributed by atoms with van der Waals surface area (Å²) in [4.78, 5) is 36.7. The number of rotatable bonds is 9. The molecule has 0 radical (unpaired) electrons. The number of nitrogens with one attached hydrogen (secondary N) is 2. The second kappa shape index (κ2) is 11.4. The van der Waals surface area contributed by atoms with Crippen LogP contribution < -0.4 is 10.6 Å². The molecule has 0 bridgehead atoms. The SMILES string of the molecule is CCSC[C@H](NC(=O)OC(C)(C)C)C(=O)N[C@@H](COC(C)(C)C)C(=O)OC. The van der Waals surface area contributed by atoms with E-state index in [1.165, 1.54) is 18.9 Å². The minimum Gasteiger partial charge on any atom is -0.467 e. The fourth-order valence-electron chi connectivity index (χ4n) is 1.78. The van der Waals surface area contributed by atoms with Crippen LogP contribution in [0.15, 0.2) is 0 Å². The van der Waals surface area contributed by atoms with Crippen molar-refractivity contribution in [1.29, 1.82) is 0 Å². The van der Waals surface area contributed by atoms with Crippen LogP contribution in [0, 0.1) is 0 Å². The van der Waals surface area contributed by atoms with Crippen LogP contribution >= 0.6 is 11.8 Å². The summed E-state index contributed by atoms with van der Waals surface area (Å²) in [6.45, 7) is 12.6. The quantitative estimate of drug-likeness (QED) is 0.565. The molecule has 0 unspecified atom stereocenters. The van der Waals surface area contributed by atoms with Gasteiger partial charge in [0.1, 0.15) is 11.6 Å². The summed E-state index contributed by atoms with van der Waals surface area (Å²) in [7, 11) is 1.24. The van der Waals surface area contributed by atoms with E-state index in [0.717, 1.165) is 5.75 Å². The number of alkyl carbamates (subject to hydrolysis) is 1. The number of methoxy groups -OCH3 is 1. The lowest BCUT2D eigenvalue weighted by Gasteiger charge is -2.26. The number of hydrogen-bond donors (Lipinski definition) is 2. The van der Waals surface area contributed by atoms with Crippen molar-refractivity contribution in [3.05, 3.63) is 0 Å².